The van der Waals surface area contributed by atoms with Crippen LogP contribution in [0.1, 0.15) is 10.5 Å². The van der Waals surface area contributed by atoms with E-state index < -0.39 is 0 Å². The monoisotopic (exact) mass is 253 g/mol. The molecule has 3 aromatic rings. The highest BCUT2D eigenvalue weighted by Crippen LogP contribution is 2.10. The van der Waals surface area contributed by atoms with E-state index in [9.17, 15) is 4.79 Å². The molecule has 0 bridgehead atoms. The van der Waals surface area contributed by atoms with Crippen LogP contribution in [-0.2, 0) is 7.05 Å². The molecule has 2 aromatic heterocycles. The highest BCUT2D eigenvalue weighted by Gasteiger charge is 2.10. The maximum atomic E-state index is 12.0. The lowest BCUT2D eigenvalue weighted by atomic mass is 10.3. The van der Waals surface area contributed by atoms with Crippen molar-refractivity contribution >= 4 is 22.6 Å². The molecule has 6 heteroatoms. The van der Waals surface area contributed by atoms with Crippen molar-refractivity contribution in [2.45, 2.75) is 0 Å². The average Bonchev–Trinajstić information content (AvgIpc) is 2.83. The molecule has 0 aliphatic rings. The zero-order valence-corrected chi connectivity index (χ0v) is 10.2. The van der Waals surface area contributed by atoms with Crippen molar-refractivity contribution in [2.75, 3.05) is 5.32 Å². The number of fused-ring (bicyclic) bond motifs is 1. The number of para-hydroxylation sites is 2. The summed E-state index contributed by atoms with van der Waals surface area (Å²) in [4.78, 5) is 20.5. The molecule has 94 valence electrons. The number of amides is 1. The minimum absolute atomic E-state index is 0.280. The molecular formula is C13H11N5O. The number of aryl methyl sites for hydroxylation is 1. The van der Waals surface area contributed by atoms with Gasteiger partial charge < -0.3 is 5.32 Å². The molecule has 0 saturated heterocycles. The van der Waals surface area contributed by atoms with Crippen molar-refractivity contribution < 1.29 is 4.79 Å². The normalized spacial score (nSPS) is 10.6. The number of nitrogens with zero attached hydrogens (tertiary/aromatic N) is 4. The second-order valence-electron chi connectivity index (χ2n) is 4.10. The molecule has 19 heavy (non-hydrogen) atoms. The molecule has 0 unspecified atom stereocenters. The van der Waals surface area contributed by atoms with Crippen molar-refractivity contribution in [3.63, 3.8) is 0 Å². The van der Waals surface area contributed by atoms with Gasteiger partial charge in [0.1, 0.15) is 5.69 Å². The Balaban J connectivity index is 1.89. The fraction of sp³-hybridized carbons (Fsp3) is 0.0769. The number of carbonyl (C=O) groups is 1. The predicted molar refractivity (Wildman–Crippen MR) is 70.7 cm³/mol. The summed E-state index contributed by atoms with van der Waals surface area (Å²) in [6.07, 6.45) is 4.76. The number of benzene rings is 1. The molecule has 3 rings (SSSR count). The molecule has 1 amide bonds. The van der Waals surface area contributed by atoms with E-state index in [2.05, 4.69) is 20.4 Å². The van der Waals surface area contributed by atoms with Crippen molar-refractivity contribution in [1.82, 2.24) is 19.7 Å². The predicted octanol–water partition coefficient (Wildman–Crippen LogP) is 1.62. The Morgan fingerprint density at radius 1 is 1.21 bits per heavy atom. The maximum Gasteiger partial charge on any atom is 0.275 e. The van der Waals surface area contributed by atoms with Crippen molar-refractivity contribution in [3.8, 4) is 0 Å². The standard InChI is InChI=1S/C13H11N5O/c1-18-8-9(6-15-18)16-13(19)12-7-14-10-4-2-3-5-11(10)17-12/h2-8H,1H3,(H,16,19). The van der Waals surface area contributed by atoms with Gasteiger partial charge in [-0.1, -0.05) is 12.1 Å². The van der Waals surface area contributed by atoms with Crippen molar-refractivity contribution in [3.05, 3.63) is 48.5 Å². The summed E-state index contributed by atoms with van der Waals surface area (Å²) in [7, 11) is 1.78. The van der Waals surface area contributed by atoms with Gasteiger partial charge >= 0.3 is 0 Å². The molecule has 1 N–H and O–H groups in total. The second-order valence-corrected chi connectivity index (χ2v) is 4.10. The van der Waals surface area contributed by atoms with E-state index in [0.717, 1.165) is 5.52 Å². The number of rotatable bonds is 2. The number of carbonyl (C=O) groups excluding carboxylic acids is 1. The van der Waals surface area contributed by atoms with Crippen LogP contribution in [0, 0.1) is 0 Å². The number of anilines is 1. The van der Waals surface area contributed by atoms with Gasteiger partial charge in [0.15, 0.2) is 0 Å². The van der Waals surface area contributed by atoms with Gasteiger partial charge in [-0.05, 0) is 12.1 Å². The van der Waals surface area contributed by atoms with Gasteiger partial charge in [-0.3, -0.25) is 14.5 Å². The molecule has 6 nitrogen and oxygen atoms in total. The van der Waals surface area contributed by atoms with Crippen LogP contribution in [0.4, 0.5) is 5.69 Å². The van der Waals surface area contributed by atoms with Gasteiger partial charge in [-0.2, -0.15) is 5.10 Å². The Morgan fingerprint density at radius 2 is 2.00 bits per heavy atom. The van der Waals surface area contributed by atoms with Gasteiger partial charge in [0.25, 0.3) is 5.91 Å². The molecule has 0 atom stereocenters. The van der Waals surface area contributed by atoms with Crippen LogP contribution < -0.4 is 5.32 Å². The average molecular weight is 253 g/mol. The molecule has 0 aliphatic heterocycles. The van der Waals surface area contributed by atoms with E-state index in [-0.39, 0.29) is 11.6 Å². The third kappa shape index (κ3) is 2.28. The maximum absolute atomic E-state index is 12.0. The van der Waals surface area contributed by atoms with E-state index in [1.165, 1.54) is 6.20 Å². The summed E-state index contributed by atoms with van der Waals surface area (Å²) in [5.41, 5.74) is 2.37. The summed E-state index contributed by atoms with van der Waals surface area (Å²) in [5.74, 6) is -0.300. The van der Waals surface area contributed by atoms with Gasteiger partial charge in [0.05, 0.1) is 29.1 Å². The molecular weight excluding hydrogens is 242 g/mol. The second kappa shape index (κ2) is 4.49. The highest BCUT2D eigenvalue weighted by atomic mass is 16.1. The zero-order chi connectivity index (χ0) is 13.2. The fourth-order valence-corrected chi connectivity index (χ4v) is 1.75. The summed E-state index contributed by atoms with van der Waals surface area (Å²) < 4.78 is 1.61. The number of nitrogens with one attached hydrogen (secondary N) is 1. The minimum atomic E-state index is -0.300. The quantitative estimate of drug-likeness (QED) is 0.753. The van der Waals surface area contributed by atoms with E-state index >= 15 is 0 Å². The third-order valence-electron chi connectivity index (χ3n) is 2.64. The van der Waals surface area contributed by atoms with Crippen LogP contribution >= 0.6 is 0 Å². The highest BCUT2D eigenvalue weighted by molar-refractivity contribution is 6.03. The van der Waals surface area contributed by atoms with Crippen LogP contribution in [-0.4, -0.2) is 25.7 Å². The molecule has 2 heterocycles. The Labute approximate surface area is 109 Å². The number of hydrogen-bond acceptors (Lipinski definition) is 4. The first-order chi connectivity index (χ1) is 9.22. The van der Waals surface area contributed by atoms with Crippen LogP contribution in [0.3, 0.4) is 0 Å². The van der Waals surface area contributed by atoms with E-state index in [1.807, 2.05) is 24.3 Å². The van der Waals surface area contributed by atoms with Crippen molar-refractivity contribution in [1.29, 1.82) is 0 Å². The van der Waals surface area contributed by atoms with E-state index in [1.54, 1.807) is 24.1 Å². The lowest BCUT2D eigenvalue weighted by molar-refractivity contribution is 0.102. The molecule has 0 spiro atoms. The van der Waals surface area contributed by atoms with Crippen LogP contribution in [0.25, 0.3) is 11.0 Å². The largest absolute Gasteiger partial charge is 0.318 e. The van der Waals surface area contributed by atoms with Gasteiger partial charge in [0.2, 0.25) is 0 Å². The van der Waals surface area contributed by atoms with Gasteiger partial charge in [-0.25, -0.2) is 4.98 Å². The summed E-state index contributed by atoms with van der Waals surface area (Å²) >= 11 is 0. The Hall–Kier alpha value is -2.76. The SMILES string of the molecule is Cn1cc(NC(=O)c2cnc3ccccc3n2)cn1. The van der Waals surface area contributed by atoms with E-state index in [0.29, 0.717) is 11.2 Å². The van der Waals surface area contributed by atoms with E-state index in [4.69, 9.17) is 0 Å². The Bertz CT molecular complexity index is 749. The molecule has 0 saturated carbocycles. The van der Waals surface area contributed by atoms with Crippen molar-refractivity contribution in [2.24, 2.45) is 7.05 Å². The smallest absolute Gasteiger partial charge is 0.275 e. The first kappa shape index (κ1) is 11.3. The lowest BCUT2D eigenvalue weighted by Crippen LogP contribution is -2.13. The first-order valence-electron chi connectivity index (χ1n) is 5.74. The topological polar surface area (TPSA) is 72.7 Å². The Kier molecular flexibility index (Phi) is 2.68. The fourth-order valence-electron chi connectivity index (χ4n) is 1.75. The Morgan fingerprint density at radius 3 is 2.74 bits per heavy atom. The number of aromatic nitrogens is 4. The van der Waals surface area contributed by atoms with Gasteiger partial charge in [-0.15, -0.1) is 0 Å². The lowest BCUT2D eigenvalue weighted by Gasteiger charge is -2.02. The van der Waals surface area contributed by atoms with Crippen LogP contribution in [0.5, 0.6) is 0 Å². The zero-order valence-electron chi connectivity index (χ0n) is 10.2. The van der Waals surface area contributed by atoms with Gasteiger partial charge in [0, 0.05) is 13.2 Å². The molecule has 0 aliphatic carbocycles. The first-order valence-corrected chi connectivity index (χ1v) is 5.74. The minimum Gasteiger partial charge on any atom is -0.318 e. The summed E-state index contributed by atoms with van der Waals surface area (Å²) in [6, 6.07) is 7.42. The summed E-state index contributed by atoms with van der Waals surface area (Å²) in [6.45, 7) is 0. The number of hydrogen-bond donors (Lipinski definition) is 1. The molecule has 1 aromatic carbocycles. The summed E-state index contributed by atoms with van der Waals surface area (Å²) in [5, 5.41) is 6.70. The molecule has 0 radical (unpaired) electrons. The van der Waals surface area contributed by atoms with Crippen LogP contribution in [0.2, 0.25) is 0 Å². The van der Waals surface area contributed by atoms with Crippen LogP contribution in [0.15, 0.2) is 42.9 Å². The molecule has 0 fully saturated rings. The third-order valence-corrected chi connectivity index (χ3v) is 2.64.